The zero-order valence-electron chi connectivity index (χ0n) is 30.6. The average molecular weight is 668 g/mol. The number of allylic oxidation sites excluding steroid dienone is 11. The lowest BCUT2D eigenvalue weighted by Gasteiger charge is -2.15. The summed E-state index contributed by atoms with van der Waals surface area (Å²) in [6.07, 6.45) is 49.0. The third-order valence-electron chi connectivity index (χ3n) is 7.85. The summed E-state index contributed by atoms with van der Waals surface area (Å²) >= 11 is 0. The SMILES string of the molecule is CC/C=C\C/C=C\C/C=C\C/C=C\C/C=C\CCCCCCCC(=O)OC(/C=C\CCCCCC)CCCCCCC(=O)NCC(=O)O. The summed E-state index contributed by atoms with van der Waals surface area (Å²) in [7, 11) is 0. The van der Waals surface area contributed by atoms with Gasteiger partial charge in [-0.2, -0.15) is 0 Å². The molecular weight excluding hydrogens is 598 g/mol. The van der Waals surface area contributed by atoms with Crippen molar-refractivity contribution < 1.29 is 24.2 Å². The van der Waals surface area contributed by atoms with Crippen LogP contribution >= 0.6 is 0 Å². The minimum absolute atomic E-state index is 0.107. The average Bonchev–Trinajstić information content (AvgIpc) is 3.07. The highest BCUT2D eigenvalue weighted by atomic mass is 16.5. The molecule has 0 rings (SSSR count). The van der Waals surface area contributed by atoms with E-state index in [-0.39, 0.29) is 24.5 Å². The van der Waals surface area contributed by atoms with Crippen LogP contribution in [0.15, 0.2) is 72.9 Å². The molecule has 0 aliphatic carbocycles. The third-order valence-corrected chi connectivity index (χ3v) is 7.85. The van der Waals surface area contributed by atoms with Gasteiger partial charge in [-0.3, -0.25) is 14.4 Å². The molecule has 0 aromatic rings. The third kappa shape index (κ3) is 35.7. The van der Waals surface area contributed by atoms with Crippen molar-refractivity contribution >= 4 is 17.8 Å². The highest BCUT2D eigenvalue weighted by Gasteiger charge is 2.12. The molecule has 0 aromatic heterocycles. The van der Waals surface area contributed by atoms with Crippen molar-refractivity contribution in [3.8, 4) is 0 Å². The molecule has 1 atom stereocenters. The van der Waals surface area contributed by atoms with Gasteiger partial charge in [0.25, 0.3) is 0 Å². The Morgan fingerprint density at radius 3 is 1.69 bits per heavy atom. The number of esters is 1. The van der Waals surface area contributed by atoms with Crippen LogP contribution in [-0.4, -0.2) is 35.6 Å². The molecule has 2 N–H and O–H groups in total. The van der Waals surface area contributed by atoms with E-state index in [4.69, 9.17) is 9.84 Å². The molecule has 0 fully saturated rings. The maximum Gasteiger partial charge on any atom is 0.322 e. The lowest BCUT2D eigenvalue weighted by molar-refractivity contribution is -0.147. The van der Waals surface area contributed by atoms with E-state index in [2.05, 4.69) is 92.1 Å². The minimum atomic E-state index is -1.03. The van der Waals surface area contributed by atoms with E-state index < -0.39 is 5.97 Å². The number of aliphatic carboxylic acids is 1. The van der Waals surface area contributed by atoms with E-state index in [0.29, 0.717) is 12.8 Å². The normalized spacial score (nSPS) is 12.9. The molecule has 0 aromatic carbocycles. The fourth-order valence-electron chi connectivity index (χ4n) is 5.04. The van der Waals surface area contributed by atoms with Gasteiger partial charge in [-0.25, -0.2) is 0 Å². The number of ether oxygens (including phenoxy) is 1. The number of nitrogens with one attached hydrogen (secondary N) is 1. The van der Waals surface area contributed by atoms with E-state index in [1.807, 2.05) is 0 Å². The van der Waals surface area contributed by atoms with Crippen LogP contribution in [0.4, 0.5) is 0 Å². The van der Waals surface area contributed by atoms with E-state index >= 15 is 0 Å². The molecule has 0 spiro atoms. The second-order valence-electron chi connectivity index (χ2n) is 12.4. The highest BCUT2D eigenvalue weighted by Crippen LogP contribution is 2.15. The molecule has 6 nitrogen and oxygen atoms in total. The second-order valence-corrected chi connectivity index (χ2v) is 12.4. The predicted molar refractivity (Wildman–Crippen MR) is 203 cm³/mol. The molecule has 0 saturated heterocycles. The van der Waals surface area contributed by atoms with Crippen molar-refractivity contribution in [3.05, 3.63) is 72.9 Å². The zero-order valence-corrected chi connectivity index (χ0v) is 30.6. The maximum absolute atomic E-state index is 12.6. The first-order valence-electron chi connectivity index (χ1n) is 19.1. The van der Waals surface area contributed by atoms with Crippen molar-refractivity contribution in [2.75, 3.05) is 6.54 Å². The first-order chi connectivity index (χ1) is 23.5. The van der Waals surface area contributed by atoms with E-state index in [9.17, 15) is 14.4 Å². The Bertz CT molecular complexity index is 959. The van der Waals surface area contributed by atoms with Crippen LogP contribution in [0.5, 0.6) is 0 Å². The first-order valence-corrected chi connectivity index (χ1v) is 19.1. The molecule has 1 unspecified atom stereocenters. The van der Waals surface area contributed by atoms with Gasteiger partial charge in [0, 0.05) is 12.8 Å². The van der Waals surface area contributed by atoms with E-state index in [0.717, 1.165) is 103 Å². The van der Waals surface area contributed by atoms with Crippen LogP contribution < -0.4 is 5.32 Å². The molecule has 6 heteroatoms. The zero-order chi connectivity index (χ0) is 35.2. The van der Waals surface area contributed by atoms with Crippen LogP contribution in [0.1, 0.15) is 162 Å². The van der Waals surface area contributed by atoms with Crippen molar-refractivity contribution in [3.63, 3.8) is 0 Å². The lowest BCUT2D eigenvalue weighted by atomic mass is 10.1. The van der Waals surface area contributed by atoms with Gasteiger partial charge in [0.1, 0.15) is 12.6 Å². The van der Waals surface area contributed by atoms with Gasteiger partial charge in [-0.1, -0.05) is 132 Å². The standard InChI is InChI=1S/C42H69NO5/c1-3-5-7-9-11-12-13-14-15-16-17-18-19-20-21-22-23-24-25-27-33-37-42(47)48-39(34-30-26-10-8-6-4-2)35-31-28-29-32-36-40(44)43-38-41(45)46/h5,7,11-12,14-15,17-18,20-21,30,34,39H,3-4,6,8-10,13,16,19,22-29,31-33,35-38H2,1-2H3,(H,43,44)(H,45,46)/b7-5-,12-11-,15-14-,18-17-,21-20-,34-30-. The Morgan fingerprint density at radius 1 is 0.583 bits per heavy atom. The summed E-state index contributed by atoms with van der Waals surface area (Å²) in [5.74, 6) is -1.36. The Hall–Kier alpha value is -3.15. The molecular formula is C42H69NO5. The molecule has 0 bridgehead atoms. The molecule has 1 amide bonds. The summed E-state index contributed by atoms with van der Waals surface area (Å²) in [5, 5.41) is 11.0. The van der Waals surface area contributed by atoms with Crippen LogP contribution in [0.3, 0.4) is 0 Å². The van der Waals surface area contributed by atoms with E-state index in [1.54, 1.807) is 0 Å². The van der Waals surface area contributed by atoms with Gasteiger partial charge in [0.15, 0.2) is 0 Å². The molecule has 0 aliphatic heterocycles. The Balaban J connectivity index is 4.06. The summed E-state index contributed by atoms with van der Waals surface area (Å²) < 4.78 is 5.85. The lowest BCUT2D eigenvalue weighted by Crippen LogP contribution is -2.28. The van der Waals surface area contributed by atoms with Crippen molar-refractivity contribution in [1.82, 2.24) is 5.32 Å². The highest BCUT2D eigenvalue weighted by molar-refractivity contribution is 5.80. The maximum atomic E-state index is 12.6. The summed E-state index contributed by atoms with van der Waals surface area (Å²) in [6, 6.07) is 0. The molecule has 0 saturated carbocycles. The smallest absolute Gasteiger partial charge is 0.322 e. The van der Waals surface area contributed by atoms with Crippen molar-refractivity contribution in [2.45, 2.75) is 168 Å². The van der Waals surface area contributed by atoms with Gasteiger partial charge in [0.2, 0.25) is 5.91 Å². The number of amides is 1. The van der Waals surface area contributed by atoms with E-state index in [1.165, 1.54) is 32.1 Å². The van der Waals surface area contributed by atoms with Crippen LogP contribution in [0, 0.1) is 0 Å². The summed E-state index contributed by atoms with van der Waals surface area (Å²) in [4.78, 5) is 34.8. The largest absolute Gasteiger partial charge is 0.480 e. The Kier molecular flexibility index (Phi) is 34.3. The van der Waals surface area contributed by atoms with Crippen molar-refractivity contribution in [2.24, 2.45) is 0 Å². The second kappa shape index (κ2) is 36.7. The number of carbonyl (C=O) groups is 3. The summed E-state index contributed by atoms with van der Waals surface area (Å²) in [5.41, 5.74) is 0. The number of rotatable bonds is 33. The molecule has 0 radical (unpaired) electrons. The number of hydrogen-bond acceptors (Lipinski definition) is 4. The minimum Gasteiger partial charge on any atom is -0.480 e. The summed E-state index contributed by atoms with van der Waals surface area (Å²) in [6.45, 7) is 4.03. The van der Waals surface area contributed by atoms with Gasteiger partial charge in [0.05, 0.1) is 0 Å². The fraction of sp³-hybridized carbons (Fsp3) is 0.643. The van der Waals surface area contributed by atoms with Crippen LogP contribution in [0.2, 0.25) is 0 Å². The molecule has 0 aliphatic rings. The number of unbranched alkanes of at least 4 members (excludes halogenated alkanes) is 12. The Labute approximate surface area is 294 Å². The fourth-order valence-corrected chi connectivity index (χ4v) is 5.04. The van der Waals surface area contributed by atoms with Crippen molar-refractivity contribution in [1.29, 1.82) is 0 Å². The van der Waals surface area contributed by atoms with Gasteiger partial charge >= 0.3 is 11.9 Å². The van der Waals surface area contributed by atoms with Crippen LogP contribution in [0.25, 0.3) is 0 Å². The molecule has 0 heterocycles. The monoisotopic (exact) mass is 668 g/mol. The number of hydrogen-bond donors (Lipinski definition) is 2. The quantitative estimate of drug-likeness (QED) is 0.0413. The van der Waals surface area contributed by atoms with Gasteiger partial charge < -0.3 is 15.2 Å². The number of carboxylic acids is 1. The van der Waals surface area contributed by atoms with Gasteiger partial charge in [-0.15, -0.1) is 0 Å². The number of carboxylic acid groups (broad SMARTS) is 1. The van der Waals surface area contributed by atoms with Crippen LogP contribution in [-0.2, 0) is 19.1 Å². The van der Waals surface area contributed by atoms with Gasteiger partial charge in [-0.05, 0) is 89.5 Å². The predicted octanol–water partition coefficient (Wildman–Crippen LogP) is 11.4. The molecule has 48 heavy (non-hydrogen) atoms. The molecule has 272 valence electrons. The first kappa shape index (κ1) is 44.9. The Morgan fingerprint density at radius 2 is 1.08 bits per heavy atom. The number of carbonyl (C=O) groups excluding carboxylic acids is 2. The topological polar surface area (TPSA) is 92.7 Å².